The highest BCUT2D eigenvalue weighted by Crippen LogP contribution is 2.31. The van der Waals surface area contributed by atoms with E-state index in [0.717, 1.165) is 30.5 Å². The van der Waals surface area contributed by atoms with Gasteiger partial charge in [0.05, 0.1) is 18.8 Å². The summed E-state index contributed by atoms with van der Waals surface area (Å²) >= 11 is 12.4. The third-order valence-corrected chi connectivity index (χ3v) is 5.21. The van der Waals surface area contributed by atoms with Crippen LogP contribution in [-0.4, -0.2) is 21.4 Å². The van der Waals surface area contributed by atoms with Gasteiger partial charge < -0.3 is 9.47 Å². The Kier molecular flexibility index (Phi) is 8.39. The first-order valence-electron chi connectivity index (χ1n) is 10.0. The van der Waals surface area contributed by atoms with Crippen LogP contribution in [0, 0.1) is 0 Å². The van der Waals surface area contributed by atoms with Crippen LogP contribution in [0.1, 0.15) is 42.7 Å². The molecule has 0 aliphatic heterocycles. The van der Waals surface area contributed by atoms with Gasteiger partial charge in [-0.05, 0) is 42.7 Å². The van der Waals surface area contributed by atoms with E-state index in [1.165, 1.54) is 24.3 Å². The van der Waals surface area contributed by atoms with E-state index in [1.807, 2.05) is 6.20 Å². The molecule has 5 nitrogen and oxygen atoms in total. The molecule has 0 saturated heterocycles. The average Bonchev–Trinajstić information content (AvgIpc) is 3.17. The highest BCUT2D eigenvalue weighted by molar-refractivity contribution is 6.35. The van der Waals surface area contributed by atoms with E-state index in [2.05, 4.69) is 22.0 Å². The van der Waals surface area contributed by atoms with Crippen LogP contribution in [0.2, 0.25) is 10.0 Å². The van der Waals surface area contributed by atoms with Crippen molar-refractivity contribution in [1.29, 1.82) is 0 Å². The molecule has 32 heavy (non-hydrogen) atoms. The fraction of sp³-hybridized carbons (Fsp3) is 0.364. The number of benzene rings is 2. The maximum Gasteiger partial charge on any atom is 0.573 e. The van der Waals surface area contributed by atoms with Gasteiger partial charge >= 0.3 is 6.36 Å². The molecule has 0 amide bonds. The van der Waals surface area contributed by atoms with E-state index in [-0.39, 0.29) is 12.4 Å². The number of hydrogen-bond donors (Lipinski definition) is 0. The molecule has 2 aromatic carbocycles. The Labute approximate surface area is 194 Å². The topological polar surface area (TPSA) is 49.2 Å². The third kappa shape index (κ3) is 7.39. The SMILES string of the molecule is CCCCc1cn(CC(OCc2ccc(OC(F)(F)F)cc2)c2ccc(Cl)cc2Cl)nn1. The lowest BCUT2D eigenvalue weighted by molar-refractivity contribution is -0.274. The van der Waals surface area contributed by atoms with Crippen LogP contribution in [0.3, 0.4) is 0 Å². The zero-order chi connectivity index (χ0) is 23.1. The normalized spacial score (nSPS) is 12.7. The van der Waals surface area contributed by atoms with E-state index in [4.69, 9.17) is 27.9 Å². The van der Waals surface area contributed by atoms with Crippen molar-refractivity contribution in [3.05, 3.63) is 75.5 Å². The number of aryl methyl sites for hydroxylation is 1. The van der Waals surface area contributed by atoms with Crippen molar-refractivity contribution in [2.75, 3.05) is 0 Å². The fourth-order valence-electron chi connectivity index (χ4n) is 3.06. The molecule has 0 spiro atoms. The molecular formula is C22H22Cl2F3N3O2. The van der Waals surface area contributed by atoms with Crippen molar-refractivity contribution in [1.82, 2.24) is 15.0 Å². The minimum Gasteiger partial charge on any atom is -0.406 e. The average molecular weight is 488 g/mol. The Morgan fingerprint density at radius 3 is 2.50 bits per heavy atom. The summed E-state index contributed by atoms with van der Waals surface area (Å²) in [7, 11) is 0. The summed E-state index contributed by atoms with van der Waals surface area (Å²) in [6, 6.07) is 10.6. The molecule has 0 aliphatic rings. The summed E-state index contributed by atoms with van der Waals surface area (Å²) in [5.74, 6) is -0.291. The van der Waals surface area contributed by atoms with Gasteiger partial charge in [0, 0.05) is 21.8 Å². The number of halogens is 5. The standard InChI is InChI=1S/C22H22Cl2F3N3O2/c1-2-3-4-17-12-30(29-28-17)13-21(19-10-7-16(23)11-20(19)24)31-14-15-5-8-18(9-6-15)32-22(25,26)27/h5-12,21H,2-4,13-14H2,1H3. The van der Waals surface area contributed by atoms with Gasteiger partial charge in [-0.2, -0.15) is 0 Å². The zero-order valence-electron chi connectivity index (χ0n) is 17.3. The van der Waals surface area contributed by atoms with E-state index in [0.29, 0.717) is 22.2 Å². The van der Waals surface area contributed by atoms with Crippen LogP contribution < -0.4 is 4.74 Å². The number of alkyl halides is 3. The molecule has 3 rings (SSSR count). The molecule has 0 N–H and O–H groups in total. The maximum absolute atomic E-state index is 12.3. The zero-order valence-corrected chi connectivity index (χ0v) is 18.8. The van der Waals surface area contributed by atoms with Gasteiger partial charge in [-0.1, -0.05) is 60.0 Å². The van der Waals surface area contributed by atoms with E-state index < -0.39 is 12.5 Å². The largest absolute Gasteiger partial charge is 0.573 e. The Morgan fingerprint density at radius 1 is 1.09 bits per heavy atom. The number of aromatic nitrogens is 3. The van der Waals surface area contributed by atoms with Gasteiger partial charge in [-0.3, -0.25) is 0 Å². The van der Waals surface area contributed by atoms with Crippen LogP contribution in [-0.2, 0) is 24.3 Å². The van der Waals surface area contributed by atoms with Gasteiger partial charge in [0.25, 0.3) is 0 Å². The second-order valence-electron chi connectivity index (χ2n) is 7.19. The highest BCUT2D eigenvalue weighted by atomic mass is 35.5. The summed E-state index contributed by atoms with van der Waals surface area (Å²) in [6.45, 7) is 2.61. The quantitative estimate of drug-likeness (QED) is 0.316. The molecule has 172 valence electrons. The summed E-state index contributed by atoms with van der Waals surface area (Å²) in [5.41, 5.74) is 2.29. The molecule has 0 saturated carbocycles. The predicted octanol–water partition coefficient (Wildman–Crippen LogP) is 6.78. The smallest absolute Gasteiger partial charge is 0.406 e. The molecule has 1 heterocycles. The minimum absolute atomic E-state index is 0.146. The van der Waals surface area contributed by atoms with Crippen LogP contribution in [0.15, 0.2) is 48.7 Å². The van der Waals surface area contributed by atoms with Crippen LogP contribution in [0.4, 0.5) is 13.2 Å². The molecule has 0 fully saturated rings. The van der Waals surface area contributed by atoms with Crippen molar-refractivity contribution in [2.45, 2.75) is 51.8 Å². The van der Waals surface area contributed by atoms with E-state index in [1.54, 1.807) is 22.9 Å². The molecule has 3 aromatic rings. The van der Waals surface area contributed by atoms with Crippen molar-refractivity contribution in [3.63, 3.8) is 0 Å². The molecule has 1 aromatic heterocycles. The maximum atomic E-state index is 12.3. The third-order valence-electron chi connectivity index (χ3n) is 4.64. The second-order valence-corrected chi connectivity index (χ2v) is 8.04. The molecular weight excluding hydrogens is 466 g/mol. The Hall–Kier alpha value is -2.29. The minimum atomic E-state index is -4.73. The van der Waals surface area contributed by atoms with E-state index >= 15 is 0 Å². The lowest BCUT2D eigenvalue weighted by Crippen LogP contribution is -2.17. The van der Waals surface area contributed by atoms with Crippen molar-refractivity contribution >= 4 is 23.2 Å². The first-order valence-corrected chi connectivity index (χ1v) is 10.8. The Balaban J connectivity index is 1.73. The summed E-state index contributed by atoms with van der Waals surface area (Å²) in [5, 5.41) is 9.32. The summed E-state index contributed by atoms with van der Waals surface area (Å²) in [6.07, 6.45) is -0.412. The molecule has 0 radical (unpaired) electrons. The van der Waals surface area contributed by atoms with Crippen LogP contribution in [0.5, 0.6) is 5.75 Å². The van der Waals surface area contributed by atoms with Crippen LogP contribution in [0.25, 0.3) is 0 Å². The molecule has 0 bridgehead atoms. The van der Waals surface area contributed by atoms with Crippen LogP contribution >= 0.6 is 23.2 Å². The monoisotopic (exact) mass is 487 g/mol. The Morgan fingerprint density at radius 2 is 1.84 bits per heavy atom. The van der Waals surface area contributed by atoms with E-state index in [9.17, 15) is 13.2 Å². The number of nitrogens with zero attached hydrogens (tertiary/aromatic N) is 3. The number of ether oxygens (including phenoxy) is 2. The van der Waals surface area contributed by atoms with Gasteiger partial charge in [-0.25, -0.2) is 4.68 Å². The van der Waals surface area contributed by atoms with Crippen molar-refractivity contribution < 1.29 is 22.6 Å². The Bertz CT molecular complexity index is 1010. The second kappa shape index (κ2) is 11.0. The number of hydrogen-bond acceptors (Lipinski definition) is 4. The van der Waals surface area contributed by atoms with Crippen molar-refractivity contribution in [2.24, 2.45) is 0 Å². The molecule has 10 heteroatoms. The predicted molar refractivity (Wildman–Crippen MR) is 116 cm³/mol. The number of rotatable bonds is 10. The van der Waals surface area contributed by atoms with Gasteiger partial charge in [0.15, 0.2) is 0 Å². The van der Waals surface area contributed by atoms with Gasteiger partial charge in [-0.15, -0.1) is 18.3 Å². The first kappa shape index (κ1) is 24.4. The lowest BCUT2D eigenvalue weighted by atomic mass is 10.1. The lowest BCUT2D eigenvalue weighted by Gasteiger charge is -2.20. The number of unbranched alkanes of at least 4 members (excludes halogenated alkanes) is 1. The first-order chi connectivity index (χ1) is 15.2. The van der Waals surface area contributed by atoms with Gasteiger partial charge in [0.2, 0.25) is 0 Å². The van der Waals surface area contributed by atoms with Gasteiger partial charge in [0.1, 0.15) is 11.9 Å². The van der Waals surface area contributed by atoms with Crippen molar-refractivity contribution in [3.8, 4) is 5.75 Å². The summed E-state index contributed by atoms with van der Waals surface area (Å²) in [4.78, 5) is 0. The molecule has 1 atom stereocenters. The molecule has 0 aliphatic carbocycles. The fourth-order valence-corrected chi connectivity index (χ4v) is 3.59. The summed E-state index contributed by atoms with van der Waals surface area (Å²) < 4.78 is 48.7. The molecule has 1 unspecified atom stereocenters. The highest BCUT2D eigenvalue weighted by Gasteiger charge is 2.31.